The molecule has 0 radical (unpaired) electrons. The second-order valence-corrected chi connectivity index (χ2v) is 6.95. The van der Waals surface area contributed by atoms with Gasteiger partial charge in [0, 0.05) is 10.6 Å². The summed E-state index contributed by atoms with van der Waals surface area (Å²) in [6.45, 7) is 4.21. The molecule has 0 aliphatic rings. The molecule has 4 heteroatoms. The van der Waals surface area contributed by atoms with Gasteiger partial charge in [-0.05, 0) is 48.7 Å². The number of rotatable bonds is 3. The fourth-order valence-electron chi connectivity index (χ4n) is 2.88. The van der Waals surface area contributed by atoms with Crippen LogP contribution in [0.5, 0.6) is 0 Å². The predicted octanol–water partition coefficient (Wildman–Crippen LogP) is 5.72. The van der Waals surface area contributed by atoms with Crippen molar-refractivity contribution in [2.75, 3.05) is 5.32 Å². The molecule has 0 aliphatic carbocycles. The smallest absolute Gasteiger partial charge is 0.142 e. The Morgan fingerprint density at radius 1 is 0.875 bits per heavy atom. The summed E-state index contributed by atoms with van der Waals surface area (Å²) < 4.78 is 0. The first-order chi connectivity index (χ1) is 11.7. The van der Waals surface area contributed by atoms with Gasteiger partial charge in [0.05, 0.1) is 5.39 Å². The van der Waals surface area contributed by atoms with E-state index in [1.165, 1.54) is 21.6 Å². The van der Waals surface area contributed by atoms with Gasteiger partial charge in [-0.3, -0.25) is 0 Å². The Bertz CT molecular complexity index is 986. The number of thiophene rings is 1. The standard InChI is InChI=1S/C20H17N3S/c1-13-8-14(2)10-16(9-13)23-19-17-11-18(15-6-4-3-5-7-15)24-20(17)22-12-21-19/h3-12H,1-2H3,(H,21,22,23). The van der Waals surface area contributed by atoms with E-state index in [1.807, 2.05) is 6.07 Å². The Morgan fingerprint density at radius 2 is 1.62 bits per heavy atom. The zero-order valence-electron chi connectivity index (χ0n) is 13.6. The van der Waals surface area contributed by atoms with E-state index in [9.17, 15) is 0 Å². The van der Waals surface area contributed by atoms with Crippen LogP contribution in [0.25, 0.3) is 20.7 Å². The first kappa shape index (κ1) is 14.8. The van der Waals surface area contributed by atoms with Crippen molar-refractivity contribution in [2.45, 2.75) is 13.8 Å². The maximum atomic E-state index is 4.45. The molecule has 2 aromatic carbocycles. The second-order valence-electron chi connectivity index (χ2n) is 5.92. The number of nitrogens with one attached hydrogen (secondary N) is 1. The van der Waals surface area contributed by atoms with Crippen molar-refractivity contribution in [2.24, 2.45) is 0 Å². The summed E-state index contributed by atoms with van der Waals surface area (Å²) in [6.07, 6.45) is 1.62. The lowest BCUT2D eigenvalue weighted by Gasteiger charge is -2.08. The third-order valence-corrected chi connectivity index (χ3v) is 4.96. The molecule has 0 unspecified atom stereocenters. The van der Waals surface area contributed by atoms with Crippen LogP contribution in [0, 0.1) is 13.8 Å². The van der Waals surface area contributed by atoms with Crippen LogP contribution < -0.4 is 5.32 Å². The summed E-state index contributed by atoms with van der Waals surface area (Å²) >= 11 is 1.69. The molecule has 4 rings (SSSR count). The largest absolute Gasteiger partial charge is 0.340 e. The van der Waals surface area contributed by atoms with Gasteiger partial charge in [-0.15, -0.1) is 11.3 Å². The van der Waals surface area contributed by atoms with Crippen molar-refractivity contribution in [1.82, 2.24) is 9.97 Å². The topological polar surface area (TPSA) is 37.8 Å². The minimum atomic E-state index is 0.850. The van der Waals surface area contributed by atoms with Crippen LogP contribution in [0.4, 0.5) is 11.5 Å². The number of anilines is 2. The number of aryl methyl sites for hydroxylation is 2. The molecule has 0 aliphatic heterocycles. The first-order valence-electron chi connectivity index (χ1n) is 7.84. The third kappa shape index (κ3) is 2.88. The maximum Gasteiger partial charge on any atom is 0.142 e. The van der Waals surface area contributed by atoms with E-state index < -0.39 is 0 Å². The molecular formula is C20H17N3S. The van der Waals surface area contributed by atoms with E-state index in [2.05, 4.69) is 77.7 Å². The highest BCUT2D eigenvalue weighted by Gasteiger charge is 2.10. The van der Waals surface area contributed by atoms with Crippen molar-refractivity contribution >= 4 is 33.1 Å². The second kappa shape index (κ2) is 6.06. The molecule has 0 atom stereocenters. The average Bonchev–Trinajstić information content (AvgIpc) is 3.00. The Hall–Kier alpha value is -2.72. The van der Waals surface area contributed by atoms with Gasteiger partial charge in [0.1, 0.15) is 17.0 Å². The highest BCUT2D eigenvalue weighted by molar-refractivity contribution is 7.21. The van der Waals surface area contributed by atoms with Gasteiger partial charge in [-0.25, -0.2) is 9.97 Å². The number of hydrogen-bond donors (Lipinski definition) is 1. The maximum absolute atomic E-state index is 4.45. The lowest BCUT2D eigenvalue weighted by Crippen LogP contribution is -1.95. The molecule has 0 saturated heterocycles. The van der Waals surface area contributed by atoms with E-state index in [1.54, 1.807) is 17.7 Å². The number of nitrogens with zero attached hydrogens (tertiary/aromatic N) is 2. The van der Waals surface area contributed by atoms with Gasteiger partial charge < -0.3 is 5.32 Å². The summed E-state index contributed by atoms with van der Waals surface area (Å²) in [6, 6.07) is 19.0. The highest BCUT2D eigenvalue weighted by Crippen LogP contribution is 2.35. The number of fused-ring (bicyclic) bond motifs is 1. The van der Waals surface area contributed by atoms with Crippen molar-refractivity contribution < 1.29 is 0 Å². The molecule has 0 saturated carbocycles. The normalized spacial score (nSPS) is 10.9. The van der Waals surface area contributed by atoms with Crippen molar-refractivity contribution in [3.8, 4) is 10.4 Å². The van der Waals surface area contributed by atoms with Gasteiger partial charge >= 0.3 is 0 Å². The SMILES string of the molecule is Cc1cc(C)cc(Nc2ncnc3sc(-c4ccccc4)cc23)c1. The highest BCUT2D eigenvalue weighted by atomic mass is 32.1. The Labute approximate surface area is 145 Å². The number of benzene rings is 2. The monoisotopic (exact) mass is 331 g/mol. The van der Waals surface area contributed by atoms with Crippen LogP contribution in [0.2, 0.25) is 0 Å². The minimum absolute atomic E-state index is 0.850. The quantitative estimate of drug-likeness (QED) is 0.522. The Kier molecular flexibility index (Phi) is 3.75. The number of hydrogen-bond acceptors (Lipinski definition) is 4. The Balaban J connectivity index is 1.77. The summed E-state index contributed by atoms with van der Waals surface area (Å²) in [7, 11) is 0. The van der Waals surface area contributed by atoms with Gasteiger partial charge in [0.2, 0.25) is 0 Å². The fourth-order valence-corrected chi connectivity index (χ4v) is 3.89. The first-order valence-corrected chi connectivity index (χ1v) is 8.66. The van der Waals surface area contributed by atoms with E-state index >= 15 is 0 Å². The van der Waals surface area contributed by atoms with Gasteiger partial charge in [0.25, 0.3) is 0 Å². The molecule has 2 heterocycles. The zero-order chi connectivity index (χ0) is 16.5. The van der Waals surface area contributed by atoms with Gasteiger partial charge in [-0.1, -0.05) is 36.4 Å². The van der Waals surface area contributed by atoms with Gasteiger partial charge in [-0.2, -0.15) is 0 Å². The van der Waals surface area contributed by atoms with E-state index in [0.29, 0.717) is 0 Å². The van der Waals surface area contributed by atoms with E-state index in [4.69, 9.17) is 0 Å². The molecule has 0 fully saturated rings. The van der Waals surface area contributed by atoms with E-state index in [-0.39, 0.29) is 0 Å². The molecule has 0 amide bonds. The lowest BCUT2D eigenvalue weighted by atomic mass is 10.1. The van der Waals surface area contributed by atoms with Crippen LogP contribution in [0.15, 0.2) is 60.9 Å². The molecule has 2 aromatic heterocycles. The van der Waals surface area contributed by atoms with Crippen molar-refractivity contribution in [1.29, 1.82) is 0 Å². The summed E-state index contributed by atoms with van der Waals surface area (Å²) in [5, 5.41) is 4.50. The molecule has 3 nitrogen and oxygen atoms in total. The van der Waals surface area contributed by atoms with Crippen LogP contribution in [-0.2, 0) is 0 Å². The molecule has 4 aromatic rings. The molecular weight excluding hydrogens is 314 g/mol. The average molecular weight is 331 g/mol. The van der Waals surface area contributed by atoms with Crippen molar-refractivity contribution in [3.05, 3.63) is 72.1 Å². The van der Waals surface area contributed by atoms with Crippen LogP contribution in [0.3, 0.4) is 0 Å². The fraction of sp³-hybridized carbons (Fsp3) is 0.100. The molecule has 1 N–H and O–H groups in total. The molecule has 0 spiro atoms. The molecule has 24 heavy (non-hydrogen) atoms. The summed E-state index contributed by atoms with van der Waals surface area (Å²) in [4.78, 5) is 11.1. The van der Waals surface area contributed by atoms with Crippen molar-refractivity contribution in [3.63, 3.8) is 0 Å². The predicted molar refractivity (Wildman–Crippen MR) is 102 cm³/mol. The third-order valence-electron chi connectivity index (χ3n) is 3.87. The molecule has 118 valence electrons. The van der Waals surface area contributed by atoms with Crippen LogP contribution in [0.1, 0.15) is 11.1 Å². The lowest BCUT2D eigenvalue weighted by molar-refractivity contribution is 1.23. The molecule has 0 bridgehead atoms. The summed E-state index contributed by atoms with van der Waals surface area (Å²) in [5.41, 5.74) is 4.73. The zero-order valence-corrected chi connectivity index (χ0v) is 14.4. The summed E-state index contributed by atoms with van der Waals surface area (Å²) in [5.74, 6) is 0.850. The number of aromatic nitrogens is 2. The van der Waals surface area contributed by atoms with Gasteiger partial charge in [0.15, 0.2) is 0 Å². The van der Waals surface area contributed by atoms with Crippen LogP contribution >= 0.6 is 11.3 Å². The van der Waals surface area contributed by atoms with E-state index in [0.717, 1.165) is 21.7 Å². The minimum Gasteiger partial charge on any atom is -0.340 e. The van der Waals surface area contributed by atoms with Crippen LogP contribution in [-0.4, -0.2) is 9.97 Å². The Morgan fingerprint density at radius 3 is 2.38 bits per heavy atom.